The first-order valence-corrected chi connectivity index (χ1v) is 13.5. The Bertz CT molecular complexity index is 1580. The number of ether oxygens (including phenoxy) is 1. The number of carbonyl (C=O) groups is 1. The Balaban J connectivity index is 1.53. The third-order valence-electron chi connectivity index (χ3n) is 5.39. The first-order valence-electron chi connectivity index (χ1n) is 11.1. The molecule has 0 saturated carbocycles. The predicted octanol–water partition coefficient (Wildman–Crippen LogP) is 4.22. The molecule has 0 spiro atoms. The molecule has 2 heterocycles. The van der Waals surface area contributed by atoms with Crippen molar-refractivity contribution in [2.24, 2.45) is 0 Å². The Kier molecular flexibility index (Phi) is 7.47. The van der Waals surface area contributed by atoms with E-state index in [1.54, 1.807) is 0 Å². The van der Waals surface area contributed by atoms with Crippen LogP contribution in [-0.2, 0) is 21.2 Å². The zero-order valence-electron chi connectivity index (χ0n) is 19.6. The summed E-state index contributed by atoms with van der Waals surface area (Å²) in [5, 5.41) is 12.6. The van der Waals surface area contributed by atoms with Crippen molar-refractivity contribution >= 4 is 49.4 Å². The zero-order chi connectivity index (χ0) is 25.7. The second kappa shape index (κ2) is 10.7. The van der Waals surface area contributed by atoms with Gasteiger partial charge >= 0.3 is 0 Å². The molecule has 184 valence electrons. The molecular weight excluding hydrogens is 498 g/mol. The van der Waals surface area contributed by atoms with E-state index in [1.165, 1.54) is 13.0 Å². The van der Waals surface area contributed by atoms with Gasteiger partial charge in [-0.15, -0.1) is 0 Å². The molecule has 0 aliphatic carbocycles. The van der Waals surface area contributed by atoms with Gasteiger partial charge in [0.2, 0.25) is 15.0 Å². The van der Waals surface area contributed by atoms with Gasteiger partial charge in [-0.25, -0.2) is 8.42 Å². The van der Waals surface area contributed by atoms with Gasteiger partial charge in [0.15, 0.2) is 0 Å². The number of aryl methyl sites for hydroxylation is 1. The van der Waals surface area contributed by atoms with Gasteiger partial charge < -0.3 is 9.30 Å². The van der Waals surface area contributed by atoms with E-state index in [1.807, 2.05) is 72.3 Å². The molecule has 0 fully saturated rings. The predicted molar refractivity (Wildman–Crippen MR) is 138 cm³/mol. The Morgan fingerprint density at radius 3 is 2.69 bits per heavy atom. The van der Waals surface area contributed by atoms with Crippen molar-refractivity contribution in [1.29, 1.82) is 5.26 Å². The van der Waals surface area contributed by atoms with Crippen LogP contribution in [0.2, 0.25) is 0 Å². The summed E-state index contributed by atoms with van der Waals surface area (Å²) in [6.45, 7) is 4.50. The average molecular weight is 522 g/mol. The molecule has 0 unspecified atom stereocenters. The molecule has 0 radical (unpaired) electrons. The van der Waals surface area contributed by atoms with Crippen molar-refractivity contribution in [1.82, 2.24) is 13.9 Å². The quantitative estimate of drug-likeness (QED) is 0.258. The summed E-state index contributed by atoms with van der Waals surface area (Å²) in [5.41, 5.74) is 2.64. The van der Waals surface area contributed by atoms with Gasteiger partial charge in [0.1, 0.15) is 24.0 Å². The number of nitriles is 1. The lowest BCUT2D eigenvalue weighted by Crippen LogP contribution is -2.13. The number of fused-ring (bicyclic) bond motifs is 1. The number of benzene rings is 2. The number of hydrogen-bond donors (Lipinski definition) is 1. The minimum Gasteiger partial charge on any atom is -0.492 e. The fourth-order valence-electron chi connectivity index (χ4n) is 3.46. The zero-order valence-corrected chi connectivity index (χ0v) is 21.3. The Hall–Kier alpha value is -4.01. The van der Waals surface area contributed by atoms with Gasteiger partial charge in [-0.3, -0.25) is 10.1 Å². The molecule has 2 aromatic heterocycles. The van der Waals surface area contributed by atoms with Crippen molar-refractivity contribution in [3.63, 3.8) is 0 Å². The van der Waals surface area contributed by atoms with E-state index < -0.39 is 15.7 Å². The minimum atomic E-state index is -3.59. The van der Waals surface area contributed by atoms with Crippen LogP contribution in [-0.4, -0.2) is 40.6 Å². The van der Waals surface area contributed by atoms with E-state index in [9.17, 15) is 18.5 Å². The summed E-state index contributed by atoms with van der Waals surface area (Å²) in [4.78, 5) is 16.6. The molecule has 0 saturated heterocycles. The van der Waals surface area contributed by atoms with E-state index in [0.717, 1.165) is 33.7 Å². The first kappa shape index (κ1) is 25.1. The second-order valence-corrected chi connectivity index (χ2v) is 10.8. The highest BCUT2D eigenvalue weighted by Crippen LogP contribution is 2.24. The monoisotopic (exact) mass is 521 g/mol. The van der Waals surface area contributed by atoms with Crippen molar-refractivity contribution in [3.05, 3.63) is 71.4 Å². The van der Waals surface area contributed by atoms with Crippen LogP contribution in [0.3, 0.4) is 0 Å². The maximum Gasteiger partial charge on any atom is 0.268 e. The summed E-state index contributed by atoms with van der Waals surface area (Å²) in [6.07, 6.45) is 3.37. The van der Waals surface area contributed by atoms with E-state index >= 15 is 0 Å². The van der Waals surface area contributed by atoms with E-state index in [-0.39, 0.29) is 21.6 Å². The molecule has 4 aromatic rings. The molecule has 9 nitrogen and oxygen atoms in total. The lowest BCUT2D eigenvalue weighted by atomic mass is 10.1. The van der Waals surface area contributed by atoms with Crippen LogP contribution in [0, 0.1) is 18.3 Å². The fourth-order valence-corrected chi connectivity index (χ4v) is 5.04. The van der Waals surface area contributed by atoms with Gasteiger partial charge in [-0.2, -0.15) is 14.6 Å². The molecule has 1 amide bonds. The molecule has 36 heavy (non-hydrogen) atoms. The molecule has 0 bridgehead atoms. The van der Waals surface area contributed by atoms with Crippen LogP contribution in [0.4, 0.5) is 5.13 Å². The number of rotatable bonds is 9. The number of nitrogens with zero attached hydrogens (tertiary/aromatic N) is 4. The molecule has 2 aromatic carbocycles. The number of aromatic nitrogens is 3. The first-order chi connectivity index (χ1) is 17.3. The van der Waals surface area contributed by atoms with Gasteiger partial charge in [-0.1, -0.05) is 42.8 Å². The van der Waals surface area contributed by atoms with Gasteiger partial charge in [0.05, 0.1) is 12.3 Å². The lowest BCUT2D eigenvalue weighted by molar-refractivity contribution is -0.112. The van der Waals surface area contributed by atoms with Crippen molar-refractivity contribution in [2.45, 2.75) is 25.5 Å². The molecule has 0 aliphatic rings. The maximum absolute atomic E-state index is 12.7. The number of amides is 1. The molecule has 11 heteroatoms. The SMILES string of the molecule is CCS(=O)(=O)c1nsc(NC(=O)C(C#N)=Cc2cn(CCOc3ccc(C)cc3)c3ccccc23)n1. The van der Waals surface area contributed by atoms with Crippen molar-refractivity contribution in [3.8, 4) is 11.8 Å². The Morgan fingerprint density at radius 1 is 1.22 bits per heavy atom. The highest BCUT2D eigenvalue weighted by Gasteiger charge is 2.20. The summed E-state index contributed by atoms with van der Waals surface area (Å²) in [5.74, 6) is -0.0681. The second-order valence-electron chi connectivity index (χ2n) is 7.87. The Morgan fingerprint density at radius 2 is 1.97 bits per heavy atom. The van der Waals surface area contributed by atoms with Crippen LogP contribution < -0.4 is 10.1 Å². The van der Waals surface area contributed by atoms with Crippen LogP contribution in [0.15, 0.2) is 65.5 Å². The van der Waals surface area contributed by atoms with E-state index in [2.05, 4.69) is 14.7 Å². The summed E-state index contributed by atoms with van der Waals surface area (Å²) < 4.78 is 35.5. The highest BCUT2D eigenvalue weighted by molar-refractivity contribution is 7.91. The summed E-state index contributed by atoms with van der Waals surface area (Å²) in [7, 11) is -3.59. The van der Waals surface area contributed by atoms with Crippen LogP contribution in [0.25, 0.3) is 17.0 Å². The van der Waals surface area contributed by atoms with Gasteiger partial charge in [-0.05, 0) is 31.2 Å². The van der Waals surface area contributed by atoms with Crippen LogP contribution in [0.1, 0.15) is 18.1 Å². The largest absolute Gasteiger partial charge is 0.492 e. The third kappa shape index (κ3) is 5.62. The number of nitrogens with one attached hydrogen (secondary N) is 1. The fraction of sp³-hybridized carbons (Fsp3) is 0.200. The minimum absolute atomic E-state index is 0.00357. The highest BCUT2D eigenvalue weighted by atomic mass is 32.2. The number of para-hydroxylation sites is 1. The van der Waals surface area contributed by atoms with Crippen molar-refractivity contribution < 1.29 is 17.9 Å². The van der Waals surface area contributed by atoms with E-state index in [4.69, 9.17) is 4.74 Å². The topological polar surface area (TPSA) is 127 Å². The maximum atomic E-state index is 12.7. The Labute approximate surface area is 212 Å². The van der Waals surface area contributed by atoms with Crippen LogP contribution in [0.5, 0.6) is 5.75 Å². The summed E-state index contributed by atoms with van der Waals surface area (Å²) in [6, 6.07) is 17.4. The van der Waals surface area contributed by atoms with E-state index in [0.29, 0.717) is 18.7 Å². The number of hydrogen-bond acceptors (Lipinski definition) is 8. The van der Waals surface area contributed by atoms with Crippen LogP contribution >= 0.6 is 11.5 Å². The molecule has 0 aliphatic heterocycles. The molecule has 0 atom stereocenters. The standard InChI is InChI=1S/C25H23N5O4S2/c1-3-36(32,33)25-28-24(35-29-25)27-23(31)18(15-26)14-19-16-30(22-7-5-4-6-21(19)22)12-13-34-20-10-8-17(2)9-11-20/h4-11,14,16H,3,12-13H2,1-2H3,(H,27,28,29,31). The molecule has 1 N–H and O–H groups in total. The third-order valence-corrected chi connectivity index (χ3v) is 7.64. The average Bonchev–Trinajstić information content (AvgIpc) is 3.49. The summed E-state index contributed by atoms with van der Waals surface area (Å²) >= 11 is 0.742. The lowest BCUT2D eigenvalue weighted by Gasteiger charge is -2.08. The number of carbonyl (C=O) groups excluding carboxylic acids is 1. The molecule has 4 rings (SSSR count). The van der Waals surface area contributed by atoms with Crippen molar-refractivity contribution in [2.75, 3.05) is 17.7 Å². The van der Waals surface area contributed by atoms with Gasteiger partial charge in [0, 0.05) is 34.2 Å². The molecular formula is C25H23N5O4S2. The van der Waals surface area contributed by atoms with Gasteiger partial charge in [0.25, 0.3) is 11.1 Å². The normalized spacial score (nSPS) is 11.9. The number of anilines is 1. The smallest absolute Gasteiger partial charge is 0.268 e. The number of sulfone groups is 1.